The fourth-order valence-corrected chi connectivity index (χ4v) is 3.38. The lowest BCUT2D eigenvalue weighted by Gasteiger charge is -2.37. The van der Waals surface area contributed by atoms with E-state index in [2.05, 4.69) is 5.32 Å². The number of nitrogens with one attached hydrogen (secondary N) is 1. The van der Waals surface area contributed by atoms with Gasteiger partial charge in [-0.25, -0.2) is 0 Å². The van der Waals surface area contributed by atoms with Crippen LogP contribution in [0.2, 0.25) is 0 Å². The van der Waals surface area contributed by atoms with Gasteiger partial charge in [-0.05, 0) is 39.2 Å². The highest BCUT2D eigenvalue weighted by Gasteiger charge is 2.44. The third-order valence-electron chi connectivity index (χ3n) is 4.63. The van der Waals surface area contributed by atoms with Crippen LogP contribution in [-0.4, -0.2) is 43.2 Å². The molecule has 2 rings (SSSR count). The molecule has 0 aromatic rings. The van der Waals surface area contributed by atoms with Crippen LogP contribution >= 0.6 is 12.4 Å². The van der Waals surface area contributed by atoms with Crippen LogP contribution in [0.1, 0.15) is 38.5 Å². The molecule has 1 amide bonds. The molecule has 3 unspecified atom stereocenters. The first-order valence-electron chi connectivity index (χ1n) is 7.44. The summed E-state index contributed by atoms with van der Waals surface area (Å²) in [5, 5.41) is 3.15. The van der Waals surface area contributed by atoms with Crippen molar-refractivity contribution in [1.29, 1.82) is 0 Å². The maximum absolute atomic E-state index is 12.8. The maximum atomic E-state index is 12.8. The van der Waals surface area contributed by atoms with Gasteiger partial charge in [-0.1, -0.05) is 6.42 Å². The third kappa shape index (κ3) is 4.74. The van der Waals surface area contributed by atoms with Crippen LogP contribution in [0.25, 0.3) is 0 Å². The molecule has 0 aromatic heterocycles. The molecule has 0 radical (unpaired) electrons. The molecule has 3 nitrogen and oxygen atoms in total. The van der Waals surface area contributed by atoms with Gasteiger partial charge in [0.1, 0.15) is 0 Å². The lowest BCUT2D eigenvalue weighted by molar-refractivity contribution is -0.187. The number of likely N-dealkylation sites (tertiary alicyclic amines) is 1. The zero-order valence-corrected chi connectivity index (χ0v) is 13.1. The van der Waals surface area contributed by atoms with E-state index in [4.69, 9.17) is 0 Å². The second kappa shape index (κ2) is 7.68. The lowest BCUT2D eigenvalue weighted by atomic mass is 9.80. The molecule has 1 saturated carbocycles. The zero-order chi connectivity index (χ0) is 14.8. The van der Waals surface area contributed by atoms with Crippen LogP contribution in [0.4, 0.5) is 13.2 Å². The molecule has 0 aromatic carbocycles. The van der Waals surface area contributed by atoms with E-state index < -0.39 is 18.0 Å². The van der Waals surface area contributed by atoms with Crippen LogP contribution in [0.5, 0.6) is 0 Å². The number of alkyl halides is 3. The molecule has 2 aliphatic rings. The van der Waals surface area contributed by atoms with Crippen molar-refractivity contribution in [2.45, 2.75) is 50.7 Å². The number of rotatable bonds is 2. The molecule has 1 N–H and O–H groups in total. The minimum Gasteiger partial charge on any atom is -0.341 e. The molecule has 7 heteroatoms. The van der Waals surface area contributed by atoms with Crippen LogP contribution < -0.4 is 5.32 Å². The molecule has 1 aliphatic carbocycles. The van der Waals surface area contributed by atoms with Crippen molar-refractivity contribution in [3.63, 3.8) is 0 Å². The Balaban J connectivity index is 0.00000220. The third-order valence-corrected chi connectivity index (χ3v) is 4.63. The molecule has 3 atom stereocenters. The van der Waals surface area contributed by atoms with Crippen molar-refractivity contribution < 1.29 is 18.0 Å². The Morgan fingerprint density at radius 1 is 1.19 bits per heavy atom. The summed E-state index contributed by atoms with van der Waals surface area (Å²) in [5.41, 5.74) is 0. The predicted octanol–water partition coefficient (Wildman–Crippen LogP) is 2.99. The van der Waals surface area contributed by atoms with E-state index in [0.717, 1.165) is 12.8 Å². The maximum Gasteiger partial charge on any atom is 0.391 e. The van der Waals surface area contributed by atoms with Gasteiger partial charge in [0.05, 0.1) is 5.92 Å². The van der Waals surface area contributed by atoms with E-state index in [1.807, 2.05) is 7.05 Å². The molecule has 124 valence electrons. The monoisotopic (exact) mass is 328 g/mol. The number of likely N-dealkylation sites (N-methyl/N-ethyl adjacent to an activating group) is 1. The fraction of sp³-hybridized carbons (Fsp3) is 0.929. The van der Waals surface area contributed by atoms with Crippen molar-refractivity contribution in [1.82, 2.24) is 10.2 Å². The Labute approximate surface area is 130 Å². The second-order valence-electron chi connectivity index (χ2n) is 6.01. The Bertz CT molecular complexity index is 352. The highest BCUT2D eigenvalue weighted by atomic mass is 35.5. The summed E-state index contributed by atoms with van der Waals surface area (Å²) >= 11 is 0. The largest absolute Gasteiger partial charge is 0.391 e. The summed E-state index contributed by atoms with van der Waals surface area (Å²) < 4.78 is 38.4. The molecular weight excluding hydrogens is 305 g/mol. The van der Waals surface area contributed by atoms with Crippen molar-refractivity contribution in [3.8, 4) is 0 Å². The normalized spacial score (nSPS) is 30.7. The van der Waals surface area contributed by atoms with Crippen molar-refractivity contribution in [3.05, 3.63) is 0 Å². The fourth-order valence-electron chi connectivity index (χ4n) is 3.38. The highest BCUT2D eigenvalue weighted by Crippen LogP contribution is 2.40. The van der Waals surface area contributed by atoms with Gasteiger partial charge in [0.15, 0.2) is 0 Å². The first kappa shape index (κ1) is 18.6. The SMILES string of the molecule is CNC1CCCN(C(=O)C2CCCC(C(F)(F)F)C2)C1.Cl. The first-order chi connectivity index (χ1) is 9.41. The van der Waals surface area contributed by atoms with E-state index in [1.54, 1.807) is 4.90 Å². The summed E-state index contributed by atoms with van der Waals surface area (Å²) in [6.45, 7) is 1.31. The van der Waals surface area contributed by atoms with Gasteiger partial charge in [0, 0.05) is 25.0 Å². The summed E-state index contributed by atoms with van der Waals surface area (Å²) in [6, 6.07) is 0.273. The van der Waals surface area contributed by atoms with Crippen LogP contribution in [0.15, 0.2) is 0 Å². The van der Waals surface area contributed by atoms with Gasteiger partial charge >= 0.3 is 6.18 Å². The highest BCUT2D eigenvalue weighted by molar-refractivity contribution is 5.85. The van der Waals surface area contributed by atoms with Crippen molar-refractivity contribution >= 4 is 18.3 Å². The van der Waals surface area contributed by atoms with E-state index in [0.29, 0.717) is 25.9 Å². The van der Waals surface area contributed by atoms with Gasteiger partial charge in [-0.2, -0.15) is 13.2 Å². The zero-order valence-electron chi connectivity index (χ0n) is 12.3. The van der Waals surface area contributed by atoms with Crippen molar-refractivity contribution in [2.24, 2.45) is 11.8 Å². The molecule has 1 saturated heterocycles. The van der Waals surface area contributed by atoms with E-state index >= 15 is 0 Å². The molecule has 0 spiro atoms. The summed E-state index contributed by atoms with van der Waals surface area (Å²) in [4.78, 5) is 14.2. The topological polar surface area (TPSA) is 32.3 Å². The smallest absolute Gasteiger partial charge is 0.341 e. The first-order valence-corrected chi connectivity index (χ1v) is 7.44. The average Bonchev–Trinajstić information content (AvgIpc) is 2.46. The van der Waals surface area contributed by atoms with Gasteiger partial charge in [-0.15, -0.1) is 12.4 Å². The number of hydrogen-bond acceptors (Lipinski definition) is 2. The molecular formula is C14H24ClF3N2O. The van der Waals surface area contributed by atoms with Crippen molar-refractivity contribution in [2.75, 3.05) is 20.1 Å². The summed E-state index contributed by atoms with van der Waals surface area (Å²) in [7, 11) is 1.86. The van der Waals surface area contributed by atoms with E-state index in [-0.39, 0.29) is 37.2 Å². The Kier molecular flexibility index (Phi) is 6.78. The predicted molar refractivity (Wildman–Crippen MR) is 77.4 cm³/mol. The van der Waals surface area contributed by atoms with Gasteiger partial charge in [-0.3, -0.25) is 4.79 Å². The number of carbonyl (C=O) groups excluding carboxylic acids is 1. The van der Waals surface area contributed by atoms with Gasteiger partial charge in [0.25, 0.3) is 0 Å². The summed E-state index contributed by atoms with van der Waals surface area (Å²) in [5.74, 6) is -1.81. The lowest BCUT2D eigenvalue weighted by Crippen LogP contribution is -2.49. The van der Waals surface area contributed by atoms with Gasteiger partial charge < -0.3 is 10.2 Å². The number of halogens is 4. The molecule has 2 fully saturated rings. The molecule has 1 aliphatic heterocycles. The van der Waals surface area contributed by atoms with Crippen LogP contribution in [-0.2, 0) is 4.79 Å². The molecule has 21 heavy (non-hydrogen) atoms. The molecule has 0 bridgehead atoms. The Hall–Kier alpha value is -0.490. The number of piperidine rings is 1. The number of hydrogen-bond donors (Lipinski definition) is 1. The number of amides is 1. The van der Waals surface area contributed by atoms with Crippen LogP contribution in [0.3, 0.4) is 0 Å². The molecule has 1 heterocycles. The van der Waals surface area contributed by atoms with Crippen LogP contribution in [0, 0.1) is 11.8 Å². The standard InChI is InChI=1S/C14H23F3N2O.ClH/c1-18-12-6-3-7-19(9-12)13(20)10-4-2-5-11(8-10)14(15,16)17;/h10-12,18H,2-9H2,1H3;1H. The van der Waals surface area contributed by atoms with Gasteiger partial charge in [0.2, 0.25) is 5.91 Å². The average molecular weight is 329 g/mol. The number of nitrogens with zero attached hydrogens (tertiary/aromatic N) is 1. The quantitative estimate of drug-likeness (QED) is 0.845. The van der Waals surface area contributed by atoms with E-state index in [9.17, 15) is 18.0 Å². The summed E-state index contributed by atoms with van der Waals surface area (Å²) in [6.07, 6.45) is -0.956. The Morgan fingerprint density at radius 3 is 2.52 bits per heavy atom. The van der Waals surface area contributed by atoms with E-state index in [1.165, 1.54) is 0 Å². The minimum absolute atomic E-state index is 0. The minimum atomic E-state index is -4.16. The Morgan fingerprint density at radius 2 is 1.90 bits per heavy atom. The number of carbonyl (C=O) groups is 1. The second-order valence-corrected chi connectivity index (χ2v) is 6.01.